The van der Waals surface area contributed by atoms with E-state index in [2.05, 4.69) is 5.32 Å². The quantitative estimate of drug-likeness (QED) is 0.768. The molecule has 0 spiro atoms. The summed E-state index contributed by atoms with van der Waals surface area (Å²) in [5.74, 6) is -0.466. The number of carbonyl (C=O) groups excluding carboxylic acids is 1. The van der Waals surface area contributed by atoms with Gasteiger partial charge in [-0.2, -0.15) is 0 Å². The molecular formula is C12H22N2O3. The molecule has 0 heterocycles. The fraction of sp³-hybridized carbons (Fsp3) is 0.833. The van der Waals surface area contributed by atoms with Crippen molar-refractivity contribution < 1.29 is 14.7 Å². The fourth-order valence-electron chi connectivity index (χ4n) is 1.45. The Labute approximate surface area is 102 Å². The molecule has 5 nitrogen and oxygen atoms in total. The van der Waals surface area contributed by atoms with Crippen molar-refractivity contribution in [3.63, 3.8) is 0 Å². The lowest BCUT2D eigenvalue weighted by Crippen LogP contribution is -2.46. The predicted molar refractivity (Wildman–Crippen MR) is 64.8 cm³/mol. The van der Waals surface area contributed by atoms with Gasteiger partial charge in [-0.05, 0) is 24.2 Å². The average molecular weight is 242 g/mol. The van der Waals surface area contributed by atoms with E-state index in [0.717, 1.165) is 12.8 Å². The van der Waals surface area contributed by atoms with E-state index in [1.54, 1.807) is 0 Å². The smallest absolute Gasteiger partial charge is 0.323 e. The lowest BCUT2D eigenvalue weighted by Gasteiger charge is -2.24. The summed E-state index contributed by atoms with van der Waals surface area (Å²) in [5.41, 5.74) is 0.00410. The molecule has 0 bridgehead atoms. The van der Waals surface area contributed by atoms with E-state index in [1.165, 1.54) is 4.90 Å². The molecule has 0 atom stereocenters. The number of hydrogen-bond donors (Lipinski definition) is 2. The zero-order valence-corrected chi connectivity index (χ0v) is 10.8. The Balaban J connectivity index is 2.43. The van der Waals surface area contributed by atoms with Gasteiger partial charge >= 0.3 is 12.0 Å². The molecule has 0 aliphatic heterocycles. The molecule has 2 amide bonds. The Morgan fingerprint density at radius 3 is 2.35 bits per heavy atom. The molecule has 0 aromatic heterocycles. The van der Waals surface area contributed by atoms with Crippen molar-refractivity contribution in [3.8, 4) is 0 Å². The molecule has 1 fully saturated rings. The first kappa shape index (κ1) is 13.8. The van der Waals surface area contributed by atoms with E-state index >= 15 is 0 Å². The summed E-state index contributed by atoms with van der Waals surface area (Å²) >= 11 is 0. The number of carbonyl (C=O) groups is 2. The number of aliphatic carboxylic acids is 1. The van der Waals surface area contributed by atoms with Crippen LogP contribution in [0.5, 0.6) is 0 Å². The predicted octanol–water partition coefficient (Wildman–Crippen LogP) is 1.54. The van der Waals surface area contributed by atoms with Crippen LogP contribution in [0.2, 0.25) is 0 Å². The number of nitrogens with one attached hydrogen (secondary N) is 1. The highest BCUT2D eigenvalue weighted by Gasteiger charge is 2.28. The first-order valence-electron chi connectivity index (χ1n) is 6.02. The Morgan fingerprint density at radius 1 is 1.35 bits per heavy atom. The molecule has 1 saturated carbocycles. The summed E-state index contributed by atoms with van der Waals surface area (Å²) in [4.78, 5) is 23.9. The Kier molecular flexibility index (Phi) is 4.37. The van der Waals surface area contributed by atoms with Crippen LogP contribution in [0.1, 0.15) is 33.6 Å². The third-order valence-corrected chi connectivity index (χ3v) is 2.56. The first-order chi connectivity index (χ1) is 7.78. The van der Waals surface area contributed by atoms with Crippen molar-refractivity contribution in [1.29, 1.82) is 0 Å². The van der Waals surface area contributed by atoms with Gasteiger partial charge in [0.05, 0.1) is 0 Å². The zero-order valence-electron chi connectivity index (χ0n) is 10.8. The molecule has 0 aromatic rings. The van der Waals surface area contributed by atoms with Crippen molar-refractivity contribution in [2.75, 3.05) is 19.6 Å². The highest BCUT2D eigenvalue weighted by Crippen LogP contribution is 2.29. The minimum absolute atomic E-state index is 0.00410. The fourth-order valence-corrected chi connectivity index (χ4v) is 1.45. The maximum absolute atomic E-state index is 11.8. The SMILES string of the molecule is CC(C)(C)CNC(=O)N(CC(=O)O)CC1CC1. The molecule has 0 aromatic carbocycles. The van der Waals surface area contributed by atoms with Crippen molar-refractivity contribution in [1.82, 2.24) is 10.2 Å². The number of carboxylic acids is 1. The molecule has 5 heteroatoms. The van der Waals surface area contributed by atoms with Gasteiger partial charge < -0.3 is 15.3 Å². The molecule has 2 N–H and O–H groups in total. The Hall–Kier alpha value is -1.26. The second-order valence-electron chi connectivity index (χ2n) is 5.94. The van der Waals surface area contributed by atoms with E-state index < -0.39 is 5.97 Å². The third-order valence-electron chi connectivity index (χ3n) is 2.56. The lowest BCUT2D eigenvalue weighted by atomic mass is 9.97. The maximum Gasteiger partial charge on any atom is 0.323 e. The summed E-state index contributed by atoms with van der Waals surface area (Å²) in [5, 5.41) is 11.6. The summed E-state index contributed by atoms with van der Waals surface area (Å²) in [6.07, 6.45) is 2.20. The van der Waals surface area contributed by atoms with E-state index in [4.69, 9.17) is 5.11 Å². The van der Waals surface area contributed by atoms with Crippen molar-refractivity contribution in [2.45, 2.75) is 33.6 Å². The number of urea groups is 1. The van der Waals surface area contributed by atoms with Gasteiger partial charge in [0.25, 0.3) is 0 Å². The lowest BCUT2D eigenvalue weighted by molar-refractivity contribution is -0.137. The highest BCUT2D eigenvalue weighted by atomic mass is 16.4. The summed E-state index contributed by atoms with van der Waals surface area (Å²) in [7, 11) is 0. The molecular weight excluding hydrogens is 220 g/mol. The Morgan fingerprint density at radius 2 is 1.94 bits per heavy atom. The van der Waals surface area contributed by atoms with Crippen molar-refractivity contribution in [2.24, 2.45) is 11.3 Å². The monoisotopic (exact) mass is 242 g/mol. The van der Waals surface area contributed by atoms with Gasteiger partial charge in [-0.25, -0.2) is 4.79 Å². The highest BCUT2D eigenvalue weighted by molar-refractivity contribution is 5.80. The van der Waals surface area contributed by atoms with Gasteiger partial charge in [-0.15, -0.1) is 0 Å². The molecule has 0 saturated heterocycles. The second-order valence-corrected chi connectivity index (χ2v) is 5.94. The summed E-state index contributed by atoms with van der Waals surface area (Å²) in [6.45, 7) is 6.96. The van der Waals surface area contributed by atoms with Crippen molar-refractivity contribution >= 4 is 12.0 Å². The largest absolute Gasteiger partial charge is 0.480 e. The first-order valence-corrected chi connectivity index (χ1v) is 6.02. The van der Waals surface area contributed by atoms with Crippen LogP contribution in [0.4, 0.5) is 4.79 Å². The number of carboxylic acid groups (broad SMARTS) is 1. The second kappa shape index (κ2) is 5.38. The van der Waals surface area contributed by atoms with E-state index in [1.807, 2.05) is 20.8 Å². The number of hydrogen-bond acceptors (Lipinski definition) is 2. The maximum atomic E-state index is 11.8. The van der Waals surface area contributed by atoms with Crippen LogP contribution in [-0.2, 0) is 4.79 Å². The topological polar surface area (TPSA) is 69.6 Å². The molecule has 98 valence electrons. The Bertz CT molecular complexity index is 293. The summed E-state index contributed by atoms with van der Waals surface area (Å²) in [6, 6.07) is -0.269. The molecule has 0 radical (unpaired) electrons. The van der Waals surface area contributed by atoms with Crippen LogP contribution < -0.4 is 5.32 Å². The van der Waals surface area contributed by atoms with Gasteiger partial charge in [-0.3, -0.25) is 4.79 Å². The van der Waals surface area contributed by atoms with Gasteiger partial charge in [0, 0.05) is 13.1 Å². The normalized spacial score (nSPS) is 15.5. The van der Waals surface area contributed by atoms with Gasteiger partial charge in [-0.1, -0.05) is 20.8 Å². The standard InChI is InChI=1S/C12H22N2O3/c1-12(2,3)8-13-11(17)14(7-10(15)16)6-9-4-5-9/h9H,4-8H2,1-3H3,(H,13,17)(H,15,16). The van der Waals surface area contributed by atoms with Crippen LogP contribution >= 0.6 is 0 Å². The van der Waals surface area contributed by atoms with Gasteiger partial charge in [0.2, 0.25) is 0 Å². The molecule has 17 heavy (non-hydrogen) atoms. The van der Waals surface area contributed by atoms with Crippen LogP contribution in [-0.4, -0.2) is 41.6 Å². The van der Waals surface area contributed by atoms with E-state index in [9.17, 15) is 9.59 Å². The number of amides is 2. The minimum atomic E-state index is -0.962. The minimum Gasteiger partial charge on any atom is -0.480 e. The average Bonchev–Trinajstić information content (AvgIpc) is 2.95. The third kappa shape index (κ3) is 6.14. The molecule has 1 aliphatic rings. The van der Waals surface area contributed by atoms with Crippen LogP contribution in [0.25, 0.3) is 0 Å². The molecule has 1 rings (SSSR count). The van der Waals surface area contributed by atoms with Crippen LogP contribution in [0.3, 0.4) is 0 Å². The number of rotatable bonds is 5. The van der Waals surface area contributed by atoms with Gasteiger partial charge in [0.15, 0.2) is 0 Å². The zero-order chi connectivity index (χ0) is 13.1. The van der Waals surface area contributed by atoms with Crippen LogP contribution in [0.15, 0.2) is 0 Å². The number of nitrogens with zero attached hydrogens (tertiary/aromatic N) is 1. The molecule has 0 unspecified atom stereocenters. The van der Waals surface area contributed by atoms with Crippen LogP contribution in [0, 0.1) is 11.3 Å². The van der Waals surface area contributed by atoms with E-state index in [0.29, 0.717) is 19.0 Å². The molecule has 1 aliphatic carbocycles. The summed E-state index contributed by atoms with van der Waals surface area (Å²) < 4.78 is 0. The van der Waals surface area contributed by atoms with Gasteiger partial charge in [0.1, 0.15) is 6.54 Å². The van der Waals surface area contributed by atoms with E-state index in [-0.39, 0.29) is 18.0 Å². The van der Waals surface area contributed by atoms with Crippen molar-refractivity contribution in [3.05, 3.63) is 0 Å².